The van der Waals surface area contributed by atoms with Crippen molar-refractivity contribution in [3.8, 4) is 11.5 Å². The molecule has 1 aromatic carbocycles. The number of rotatable bonds is 7. The quantitative estimate of drug-likeness (QED) is 0.601. The van der Waals surface area contributed by atoms with Gasteiger partial charge in [-0.25, -0.2) is 4.79 Å². The Morgan fingerprint density at radius 1 is 1.08 bits per heavy atom. The molecular weight excluding hydrogens is 342 g/mol. The van der Waals surface area contributed by atoms with Crippen molar-refractivity contribution in [2.45, 2.75) is 20.8 Å². The SMILES string of the molecule is COc1ccc(OCCOC(=O)c2c(NC(C)=O)sc(C)c2C)cc1. The Kier molecular flexibility index (Phi) is 6.41. The van der Waals surface area contributed by atoms with Gasteiger partial charge in [-0.15, -0.1) is 11.3 Å². The van der Waals surface area contributed by atoms with Gasteiger partial charge in [0.2, 0.25) is 5.91 Å². The Hall–Kier alpha value is -2.54. The predicted molar refractivity (Wildman–Crippen MR) is 96.9 cm³/mol. The number of amides is 1. The van der Waals surface area contributed by atoms with E-state index in [1.165, 1.54) is 18.3 Å². The van der Waals surface area contributed by atoms with Gasteiger partial charge in [-0.05, 0) is 43.7 Å². The van der Waals surface area contributed by atoms with Gasteiger partial charge in [0.15, 0.2) is 0 Å². The van der Waals surface area contributed by atoms with Crippen LogP contribution in [0.4, 0.5) is 5.00 Å². The normalized spacial score (nSPS) is 10.2. The molecule has 0 unspecified atom stereocenters. The zero-order valence-electron chi connectivity index (χ0n) is 14.7. The fourth-order valence-corrected chi connectivity index (χ4v) is 3.25. The lowest BCUT2D eigenvalue weighted by atomic mass is 10.1. The molecule has 1 aromatic heterocycles. The second kappa shape index (κ2) is 8.53. The largest absolute Gasteiger partial charge is 0.497 e. The maximum Gasteiger partial charge on any atom is 0.341 e. The van der Waals surface area contributed by atoms with Crippen LogP contribution in [0.25, 0.3) is 0 Å². The van der Waals surface area contributed by atoms with Gasteiger partial charge in [0.1, 0.15) is 29.7 Å². The van der Waals surface area contributed by atoms with Crippen molar-refractivity contribution in [2.75, 3.05) is 25.6 Å². The number of carbonyl (C=O) groups excluding carboxylic acids is 2. The highest BCUT2D eigenvalue weighted by Gasteiger charge is 2.21. The standard InChI is InChI=1S/C18H21NO5S/c1-11-12(2)25-17(19-13(3)20)16(11)18(21)24-10-9-23-15-7-5-14(22-4)6-8-15/h5-8H,9-10H2,1-4H3,(H,19,20). The Morgan fingerprint density at radius 3 is 2.32 bits per heavy atom. The second-order valence-electron chi connectivity index (χ2n) is 5.33. The average Bonchev–Trinajstić information content (AvgIpc) is 2.85. The number of thiophene rings is 1. The molecule has 0 atom stereocenters. The fraction of sp³-hybridized carbons (Fsp3) is 0.333. The number of hydrogen-bond donors (Lipinski definition) is 1. The maximum atomic E-state index is 12.3. The number of benzene rings is 1. The first-order valence-electron chi connectivity index (χ1n) is 7.74. The zero-order valence-corrected chi connectivity index (χ0v) is 15.5. The summed E-state index contributed by atoms with van der Waals surface area (Å²) in [5.74, 6) is 0.716. The summed E-state index contributed by atoms with van der Waals surface area (Å²) in [7, 11) is 1.60. The van der Waals surface area contributed by atoms with E-state index < -0.39 is 5.97 Å². The van der Waals surface area contributed by atoms with Crippen LogP contribution in [0.1, 0.15) is 27.7 Å². The molecule has 1 heterocycles. The molecule has 0 aliphatic heterocycles. The van der Waals surface area contributed by atoms with Crippen molar-refractivity contribution in [2.24, 2.45) is 0 Å². The van der Waals surface area contributed by atoms with E-state index in [-0.39, 0.29) is 19.1 Å². The summed E-state index contributed by atoms with van der Waals surface area (Å²) in [5.41, 5.74) is 1.22. The van der Waals surface area contributed by atoms with Crippen molar-refractivity contribution in [3.05, 3.63) is 40.3 Å². The molecule has 2 aromatic rings. The summed E-state index contributed by atoms with van der Waals surface area (Å²) in [4.78, 5) is 24.6. The highest BCUT2D eigenvalue weighted by molar-refractivity contribution is 7.16. The lowest BCUT2D eigenvalue weighted by Gasteiger charge is -2.09. The van der Waals surface area contributed by atoms with Gasteiger partial charge in [-0.2, -0.15) is 0 Å². The molecule has 0 bridgehead atoms. The molecule has 0 spiro atoms. The van der Waals surface area contributed by atoms with Crippen LogP contribution in [0.3, 0.4) is 0 Å². The van der Waals surface area contributed by atoms with Crippen molar-refractivity contribution < 1.29 is 23.8 Å². The van der Waals surface area contributed by atoms with E-state index >= 15 is 0 Å². The smallest absolute Gasteiger partial charge is 0.341 e. The Labute approximate surface area is 150 Å². The van der Waals surface area contributed by atoms with Gasteiger partial charge in [-0.1, -0.05) is 0 Å². The number of anilines is 1. The summed E-state index contributed by atoms with van der Waals surface area (Å²) < 4.78 is 15.9. The molecule has 25 heavy (non-hydrogen) atoms. The first-order valence-corrected chi connectivity index (χ1v) is 8.55. The van der Waals surface area contributed by atoms with Crippen LogP contribution in [0.15, 0.2) is 24.3 Å². The van der Waals surface area contributed by atoms with Crippen LogP contribution in [0.2, 0.25) is 0 Å². The molecule has 6 nitrogen and oxygen atoms in total. The number of aryl methyl sites for hydroxylation is 1. The summed E-state index contributed by atoms with van der Waals surface area (Å²) in [6.07, 6.45) is 0. The van der Waals surface area contributed by atoms with E-state index in [0.717, 1.165) is 16.2 Å². The van der Waals surface area contributed by atoms with Crippen LogP contribution < -0.4 is 14.8 Å². The maximum absolute atomic E-state index is 12.3. The third-order valence-corrected chi connectivity index (χ3v) is 4.65. The second-order valence-corrected chi connectivity index (χ2v) is 6.55. The molecule has 0 saturated carbocycles. The van der Waals surface area contributed by atoms with Crippen molar-refractivity contribution in [1.29, 1.82) is 0 Å². The minimum atomic E-state index is -0.469. The Morgan fingerprint density at radius 2 is 1.72 bits per heavy atom. The molecule has 134 valence electrons. The first kappa shape index (κ1) is 18.8. The molecule has 1 amide bonds. The van der Waals surface area contributed by atoms with E-state index in [4.69, 9.17) is 14.2 Å². The summed E-state index contributed by atoms with van der Waals surface area (Å²) in [6, 6.07) is 7.14. The van der Waals surface area contributed by atoms with E-state index in [2.05, 4.69) is 5.32 Å². The number of methoxy groups -OCH3 is 1. The van der Waals surface area contributed by atoms with Crippen LogP contribution in [0, 0.1) is 13.8 Å². The summed E-state index contributed by atoms with van der Waals surface area (Å²) >= 11 is 1.36. The van der Waals surface area contributed by atoms with Crippen molar-refractivity contribution in [3.63, 3.8) is 0 Å². The van der Waals surface area contributed by atoms with Crippen molar-refractivity contribution in [1.82, 2.24) is 0 Å². The molecule has 0 aliphatic carbocycles. The van der Waals surface area contributed by atoms with E-state index in [1.54, 1.807) is 31.4 Å². The van der Waals surface area contributed by atoms with Gasteiger partial charge < -0.3 is 19.5 Å². The number of carbonyl (C=O) groups is 2. The molecule has 2 rings (SSSR count). The zero-order chi connectivity index (χ0) is 18.4. The molecule has 0 saturated heterocycles. The minimum absolute atomic E-state index is 0.110. The minimum Gasteiger partial charge on any atom is -0.497 e. The number of ether oxygens (including phenoxy) is 3. The topological polar surface area (TPSA) is 73.9 Å². The Bertz CT molecular complexity index is 752. The molecule has 0 radical (unpaired) electrons. The van der Waals surface area contributed by atoms with Crippen LogP contribution >= 0.6 is 11.3 Å². The van der Waals surface area contributed by atoms with Gasteiger partial charge >= 0.3 is 5.97 Å². The van der Waals surface area contributed by atoms with Gasteiger partial charge in [0.25, 0.3) is 0 Å². The van der Waals surface area contributed by atoms with Crippen LogP contribution in [-0.4, -0.2) is 32.2 Å². The lowest BCUT2D eigenvalue weighted by Crippen LogP contribution is -2.15. The highest BCUT2D eigenvalue weighted by Crippen LogP contribution is 2.32. The lowest BCUT2D eigenvalue weighted by molar-refractivity contribution is -0.114. The molecule has 0 aliphatic rings. The Balaban J connectivity index is 1.90. The number of hydrogen-bond acceptors (Lipinski definition) is 6. The molecular formula is C18H21NO5S. The predicted octanol–water partition coefficient (Wildman–Crippen LogP) is 3.57. The third-order valence-electron chi connectivity index (χ3n) is 3.52. The monoisotopic (exact) mass is 363 g/mol. The van der Waals surface area contributed by atoms with E-state index in [0.29, 0.717) is 16.3 Å². The first-order chi connectivity index (χ1) is 11.9. The molecule has 1 N–H and O–H groups in total. The number of nitrogens with one attached hydrogen (secondary N) is 1. The molecule has 7 heteroatoms. The highest BCUT2D eigenvalue weighted by atomic mass is 32.1. The third kappa shape index (κ3) is 4.96. The van der Waals surface area contributed by atoms with E-state index in [1.807, 2.05) is 13.8 Å². The van der Waals surface area contributed by atoms with Gasteiger partial charge in [0.05, 0.1) is 12.7 Å². The summed E-state index contributed by atoms with van der Waals surface area (Å²) in [6.45, 7) is 5.48. The average molecular weight is 363 g/mol. The van der Waals surface area contributed by atoms with E-state index in [9.17, 15) is 9.59 Å². The fourth-order valence-electron chi connectivity index (χ4n) is 2.16. The van der Waals surface area contributed by atoms with Crippen LogP contribution in [-0.2, 0) is 9.53 Å². The van der Waals surface area contributed by atoms with Gasteiger partial charge in [0, 0.05) is 11.8 Å². The van der Waals surface area contributed by atoms with Crippen LogP contribution in [0.5, 0.6) is 11.5 Å². The van der Waals surface area contributed by atoms with Crippen molar-refractivity contribution >= 4 is 28.2 Å². The van der Waals surface area contributed by atoms with Gasteiger partial charge in [-0.3, -0.25) is 4.79 Å². The molecule has 0 fully saturated rings. The number of esters is 1. The summed E-state index contributed by atoms with van der Waals surface area (Å²) in [5, 5.41) is 3.20.